The fourth-order valence-electron chi connectivity index (χ4n) is 1.41. The molecule has 0 bridgehead atoms. The molecule has 0 spiro atoms. The molecule has 0 saturated carbocycles. The van der Waals surface area contributed by atoms with Crippen LogP contribution < -0.4 is 4.74 Å². The van der Waals surface area contributed by atoms with Gasteiger partial charge in [0.2, 0.25) is 0 Å². The molecule has 4 heteroatoms. The lowest BCUT2D eigenvalue weighted by molar-refractivity contribution is 0.112. The summed E-state index contributed by atoms with van der Waals surface area (Å²) in [5.74, 6) is 0.536. The third-order valence-corrected chi connectivity index (χ3v) is 2.62. The molecule has 0 amide bonds. The van der Waals surface area contributed by atoms with Crippen LogP contribution >= 0.6 is 15.9 Å². The summed E-state index contributed by atoms with van der Waals surface area (Å²) in [4.78, 5) is 10.9. The van der Waals surface area contributed by atoms with Crippen LogP contribution in [0.25, 0.3) is 11.0 Å². The molecule has 0 unspecified atom stereocenters. The highest BCUT2D eigenvalue weighted by Gasteiger charge is 2.13. The third kappa shape index (κ3) is 1.23. The van der Waals surface area contributed by atoms with Gasteiger partial charge in [0.15, 0.2) is 6.29 Å². The first-order valence-corrected chi connectivity index (χ1v) is 4.76. The number of ether oxygens (including phenoxy) is 1. The summed E-state index contributed by atoms with van der Waals surface area (Å²) in [5.41, 5.74) is 1.17. The molecular formula is C10H7BrO3. The maximum Gasteiger partial charge on any atom is 0.154 e. The lowest BCUT2D eigenvalue weighted by Crippen LogP contribution is -1.92. The fourth-order valence-corrected chi connectivity index (χ4v) is 1.99. The maximum atomic E-state index is 10.9. The zero-order valence-corrected chi connectivity index (χ0v) is 9.00. The smallest absolute Gasteiger partial charge is 0.154 e. The largest absolute Gasteiger partial charge is 0.495 e. The van der Waals surface area contributed by atoms with Crippen molar-refractivity contribution in [1.82, 2.24) is 0 Å². The van der Waals surface area contributed by atoms with E-state index in [9.17, 15) is 4.79 Å². The summed E-state index contributed by atoms with van der Waals surface area (Å²) >= 11 is 3.31. The summed E-state index contributed by atoms with van der Waals surface area (Å²) in [5, 5.41) is 0.764. The molecule has 0 radical (unpaired) electrons. The van der Waals surface area contributed by atoms with Crippen LogP contribution in [0.15, 0.2) is 27.3 Å². The molecule has 0 atom stereocenters. The van der Waals surface area contributed by atoms with Crippen LogP contribution in [0.4, 0.5) is 0 Å². The van der Waals surface area contributed by atoms with Gasteiger partial charge in [-0.3, -0.25) is 4.79 Å². The van der Waals surface area contributed by atoms with Crippen molar-refractivity contribution >= 4 is 33.2 Å². The Morgan fingerprint density at radius 1 is 1.57 bits per heavy atom. The first-order chi connectivity index (χ1) is 6.77. The van der Waals surface area contributed by atoms with Gasteiger partial charge in [-0.25, -0.2) is 0 Å². The lowest BCUT2D eigenvalue weighted by Gasteiger charge is -2.06. The Labute approximate surface area is 88.8 Å². The second-order valence-corrected chi connectivity index (χ2v) is 3.61. The second-order valence-electron chi connectivity index (χ2n) is 2.76. The highest BCUT2D eigenvalue weighted by molar-refractivity contribution is 9.10. The van der Waals surface area contributed by atoms with Gasteiger partial charge in [-0.2, -0.15) is 0 Å². The summed E-state index contributed by atoms with van der Waals surface area (Å²) in [7, 11) is 1.53. The number of furan rings is 1. The van der Waals surface area contributed by atoms with Gasteiger partial charge in [0.05, 0.1) is 23.4 Å². The van der Waals surface area contributed by atoms with Crippen LogP contribution in [-0.4, -0.2) is 13.4 Å². The van der Waals surface area contributed by atoms with Crippen molar-refractivity contribution in [3.8, 4) is 5.75 Å². The third-order valence-electron chi connectivity index (χ3n) is 2.03. The number of benzene rings is 1. The second kappa shape index (κ2) is 3.46. The van der Waals surface area contributed by atoms with Crippen LogP contribution in [0, 0.1) is 0 Å². The van der Waals surface area contributed by atoms with E-state index in [2.05, 4.69) is 15.9 Å². The van der Waals surface area contributed by atoms with Crippen LogP contribution in [0.3, 0.4) is 0 Å². The van der Waals surface area contributed by atoms with E-state index >= 15 is 0 Å². The highest BCUT2D eigenvalue weighted by atomic mass is 79.9. The average molecular weight is 255 g/mol. The molecule has 1 aromatic carbocycles. The molecule has 0 fully saturated rings. The van der Waals surface area contributed by atoms with E-state index < -0.39 is 0 Å². The molecule has 2 rings (SSSR count). The number of fused-ring (bicyclic) bond motifs is 1. The standard InChI is InChI=1S/C10H7BrO3/c1-13-10-7(5-12)6-2-3-14-9(6)4-8(10)11/h2-5H,1H3. The highest BCUT2D eigenvalue weighted by Crippen LogP contribution is 2.34. The molecule has 0 aliphatic rings. The van der Waals surface area contributed by atoms with Gasteiger partial charge in [-0.1, -0.05) is 0 Å². The molecule has 1 heterocycles. The van der Waals surface area contributed by atoms with Gasteiger partial charge in [-0.15, -0.1) is 0 Å². The van der Waals surface area contributed by atoms with Crippen molar-refractivity contribution in [2.24, 2.45) is 0 Å². The number of halogens is 1. The molecule has 3 nitrogen and oxygen atoms in total. The van der Waals surface area contributed by atoms with E-state index in [4.69, 9.17) is 9.15 Å². The Morgan fingerprint density at radius 2 is 2.36 bits per heavy atom. The van der Waals surface area contributed by atoms with Crippen molar-refractivity contribution in [1.29, 1.82) is 0 Å². The number of carbonyl (C=O) groups excluding carboxylic acids is 1. The van der Waals surface area contributed by atoms with E-state index in [1.165, 1.54) is 7.11 Å². The van der Waals surface area contributed by atoms with E-state index in [0.717, 1.165) is 11.7 Å². The normalized spacial score (nSPS) is 10.4. The number of aldehydes is 1. The number of hydrogen-bond acceptors (Lipinski definition) is 3. The average Bonchev–Trinajstić information content (AvgIpc) is 2.62. The van der Waals surface area contributed by atoms with Gasteiger partial charge < -0.3 is 9.15 Å². The van der Waals surface area contributed by atoms with Gasteiger partial charge in [0.1, 0.15) is 11.3 Å². The molecule has 0 aliphatic heterocycles. The number of rotatable bonds is 2. The Morgan fingerprint density at radius 3 is 3.00 bits per heavy atom. The first-order valence-electron chi connectivity index (χ1n) is 3.96. The maximum absolute atomic E-state index is 10.9. The molecular weight excluding hydrogens is 248 g/mol. The van der Waals surface area contributed by atoms with Crippen LogP contribution in [0.1, 0.15) is 10.4 Å². The predicted molar refractivity (Wildman–Crippen MR) is 55.9 cm³/mol. The van der Waals surface area contributed by atoms with Crippen molar-refractivity contribution in [2.75, 3.05) is 7.11 Å². The Bertz CT molecular complexity index is 487. The van der Waals surface area contributed by atoms with Crippen molar-refractivity contribution in [2.45, 2.75) is 0 Å². The number of methoxy groups -OCH3 is 1. The van der Waals surface area contributed by atoms with Crippen molar-refractivity contribution < 1.29 is 13.9 Å². The summed E-state index contributed by atoms with van der Waals surface area (Å²) in [6.45, 7) is 0. The minimum absolute atomic E-state index is 0.505. The van der Waals surface area contributed by atoms with Crippen LogP contribution in [-0.2, 0) is 0 Å². The van der Waals surface area contributed by atoms with Crippen LogP contribution in [0.2, 0.25) is 0 Å². The SMILES string of the molecule is COc1c(Br)cc2occc2c1C=O. The summed E-state index contributed by atoms with van der Waals surface area (Å²) in [6, 6.07) is 3.52. The quantitative estimate of drug-likeness (QED) is 0.774. The summed E-state index contributed by atoms with van der Waals surface area (Å²) in [6.07, 6.45) is 2.31. The zero-order valence-electron chi connectivity index (χ0n) is 7.41. The van der Waals surface area contributed by atoms with Gasteiger partial charge in [0.25, 0.3) is 0 Å². The van der Waals surface area contributed by atoms with Crippen molar-refractivity contribution in [3.05, 3.63) is 28.4 Å². The monoisotopic (exact) mass is 254 g/mol. The Balaban J connectivity index is 2.88. The number of carbonyl (C=O) groups is 1. The molecule has 1 aromatic heterocycles. The van der Waals surface area contributed by atoms with E-state index in [1.807, 2.05) is 0 Å². The van der Waals surface area contributed by atoms with Gasteiger partial charge in [-0.05, 0) is 28.1 Å². The Hall–Kier alpha value is -1.29. The van der Waals surface area contributed by atoms with Gasteiger partial charge >= 0.3 is 0 Å². The predicted octanol–water partition coefficient (Wildman–Crippen LogP) is 3.02. The zero-order chi connectivity index (χ0) is 10.1. The minimum Gasteiger partial charge on any atom is -0.495 e. The molecule has 14 heavy (non-hydrogen) atoms. The van der Waals surface area contributed by atoms with E-state index in [0.29, 0.717) is 21.4 Å². The fraction of sp³-hybridized carbons (Fsp3) is 0.100. The van der Waals surface area contributed by atoms with Gasteiger partial charge in [0, 0.05) is 5.39 Å². The topological polar surface area (TPSA) is 39.4 Å². The summed E-state index contributed by atoms with van der Waals surface area (Å²) < 4.78 is 11.0. The molecule has 0 aliphatic carbocycles. The lowest BCUT2D eigenvalue weighted by atomic mass is 10.1. The van der Waals surface area contributed by atoms with E-state index in [1.54, 1.807) is 18.4 Å². The van der Waals surface area contributed by atoms with Crippen LogP contribution in [0.5, 0.6) is 5.75 Å². The Kier molecular flexibility index (Phi) is 2.29. The molecule has 2 aromatic rings. The molecule has 0 N–H and O–H groups in total. The molecule has 72 valence electrons. The van der Waals surface area contributed by atoms with E-state index in [-0.39, 0.29) is 0 Å². The minimum atomic E-state index is 0.505. The number of hydrogen-bond donors (Lipinski definition) is 0. The molecule has 0 saturated heterocycles. The van der Waals surface area contributed by atoms with Crippen molar-refractivity contribution in [3.63, 3.8) is 0 Å². The first kappa shape index (κ1) is 9.27.